The van der Waals surface area contributed by atoms with Crippen molar-refractivity contribution in [2.24, 2.45) is 0 Å². The van der Waals surface area contributed by atoms with Crippen LogP contribution >= 0.6 is 0 Å². The van der Waals surface area contributed by atoms with Crippen molar-refractivity contribution < 1.29 is 14.4 Å². The number of benzene rings is 1. The molecule has 0 saturated carbocycles. The average molecular weight is 289 g/mol. The normalized spacial score (nSPS) is 13.4. The minimum atomic E-state index is -0.225. The standard InChI is InChI=1S/C15H19N3O3/c1-2-9-16-13(19)7-8-15(21)18-10-14(20)17-11-5-3-4-6-12(11)18/h3-6H,2,7-10H2,1H3,(H,16,19)(H,17,20). The molecular formula is C15H19N3O3. The fraction of sp³-hybridized carbons (Fsp3) is 0.400. The van der Waals surface area contributed by atoms with Crippen LogP contribution in [0.2, 0.25) is 0 Å². The number of nitrogens with one attached hydrogen (secondary N) is 2. The van der Waals surface area contributed by atoms with Gasteiger partial charge in [0, 0.05) is 19.4 Å². The first-order valence-electron chi connectivity index (χ1n) is 7.07. The summed E-state index contributed by atoms with van der Waals surface area (Å²) in [4.78, 5) is 36.9. The summed E-state index contributed by atoms with van der Waals surface area (Å²) in [5, 5.41) is 5.45. The highest BCUT2D eigenvalue weighted by atomic mass is 16.2. The molecule has 21 heavy (non-hydrogen) atoms. The quantitative estimate of drug-likeness (QED) is 0.857. The Kier molecular flexibility index (Phi) is 4.92. The first-order chi connectivity index (χ1) is 10.1. The summed E-state index contributed by atoms with van der Waals surface area (Å²) in [6.07, 6.45) is 1.09. The molecule has 6 heteroatoms. The Morgan fingerprint density at radius 2 is 2.05 bits per heavy atom. The second-order valence-corrected chi connectivity index (χ2v) is 4.90. The van der Waals surface area contributed by atoms with Crippen molar-refractivity contribution >= 4 is 29.1 Å². The molecule has 1 aromatic rings. The lowest BCUT2D eigenvalue weighted by atomic mass is 10.1. The highest BCUT2D eigenvalue weighted by molar-refractivity contribution is 6.10. The Balaban J connectivity index is 1.99. The first-order valence-corrected chi connectivity index (χ1v) is 7.07. The minimum Gasteiger partial charge on any atom is -0.356 e. The molecule has 1 aliphatic heterocycles. The maximum absolute atomic E-state index is 12.3. The Bertz CT molecular complexity index is 557. The third-order valence-corrected chi connectivity index (χ3v) is 3.21. The van der Waals surface area contributed by atoms with Crippen LogP contribution < -0.4 is 15.5 Å². The molecule has 3 amide bonds. The Morgan fingerprint density at radius 1 is 1.29 bits per heavy atom. The van der Waals surface area contributed by atoms with Crippen molar-refractivity contribution in [3.63, 3.8) is 0 Å². The SMILES string of the molecule is CCCNC(=O)CCC(=O)N1CC(=O)Nc2ccccc21. The van der Waals surface area contributed by atoms with Crippen LogP contribution in [0.15, 0.2) is 24.3 Å². The maximum atomic E-state index is 12.3. The van der Waals surface area contributed by atoms with Gasteiger partial charge in [0.05, 0.1) is 11.4 Å². The molecule has 112 valence electrons. The van der Waals surface area contributed by atoms with Gasteiger partial charge in [0.1, 0.15) is 6.54 Å². The number of anilines is 2. The molecule has 0 bridgehead atoms. The van der Waals surface area contributed by atoms with E-state index in [1.54, 1.807) is 18.2 Å². The molecule has 0 fully saturated rings. The van der Waals surface area contributed by atoms with Crippen LogP contribution in [0, 0.1) is 0 Å². The van der Waals surface area contributed by atoms with Gasteiger partial charge in [-0.15, -0.1) is 0 Å². The summed E-state index contributed by atoms with van der Waals surface area (Å²) in [6.45, 7) is 2.57. The fourth-order valence-corrected chi connectivity index (χ4v) is 2.16. The van der Waals surface area contributed by atoms with Crippen LogP contribution in [-0.2, 0) is 14.4 Å². The summed E-state index contributed by atoms with van der Waals surface area (Å²) in [5.74, 6) is -0.582. The fourth-order valence-electron chi connectivity index (χ4n) is 2.16. The van der Waals surface area contributed by atoms with Crippen LogP contribution in [0.25, 0.3) is 0 Å². The van der Waals surface area contributed by atoms with Gasteiger partial charge < -0.3 is 15.5 Å². The van der Waals surface area contributed by atoms with Gasteiger partial charge in [0.15, 0.2) is 0 Å². The lowest BCUT2D eigenvalue weighted by molar-refractivity contribution is -0.125. The maximum Gasteiger partial charge on any atom is 0.244 e. The van der Waals surface area contributed by atoms with E-state index in [4.69, 9.17) is 0 Å². The number of amides is 3. The average Bonchev–Trinajstić information content (AvgIpc) is 2.49. The molecular weight excluding hydrogens is 270 g/mol. The van der Waals surface area contributed by atoms with Gasteiger partial charge in [-0.1, -0.05) is 19.1 Å². The predicted molar refractivity (Wildman–Crippen MR) is 80.0 cm³/mol. The van der Waals surface area contributed by atoms with Crippen molar-refractivity contribution in [3.05, 3.63) is 24.3 Å². The molecule has 2 rings (SSSR count). The molecule has 0 radical (unpaired) electrons. The topological polar surface area (TPSA) is 78.5 Å². The zero-order valence-electron chi connectivity index (χ0n) is 12.0. The zero-order chi connectivity index (χ0) is 15.2. The van der Waals surface area contributed by atoms with E-state index in [2.05, 4.69) is 10.6 Å². The van der Waals surface area contributed by atoms with Crippen molar-refractivity contribution in [1.82, 2.24) is 5.32 Å². The highest BCUT2D eigenvalue weighted by Gasteiger charge is 2.26. The van der Waals surface area contributed by atoms with Crippen LogP contribution in [-0.4, -0.2) is 30.8 Å². The summed E-state index contributed by atoms with van der Waals surface area (Å²) in [7, 11) is 0. The minimum absolute atomic E-state index is 0.00751. The van der Waals surface area contributed by atoms with Crippen LogP contribution in [0.4, 0.5) is 11.4 Å². The summed E-state index contributed by atoms with van der Waals surface area (Å²) in [6, 6.07) is 7.14. The van der Waals surface area contributed by atoms with E-state index in [1.165, 1.54) is 4.90 Å². The first kappa shape index (κ1) is 15.0. The number of carbonyl (C=O) groups excluding carboxylic acids is 3. The van der Waals surface area contributed by atoms with E-state index < -0.39 is 0 Å². The van der Waals surface area contributed by atoms with Crippen molar-refractivity contribution in [3.8, 4) is 0 Å². The zero-order valence-corrected chi connectivity index (χ0v) is 12.0. The van der Waals surface area contributed by atoms with Gasteiger partial charge in [0.25, 0.3) is 0 Å². The lowest BCUT2D eigenvalue weighted by Crippen LogP contribution is -2.42. The third kappa shape index (κ3) is 3.81. The molecule has 0 spiro atoms. The molecule has 0 atom stereocenters. The van der Waals surface area contributed by atoms with E-state index in [1.807, 2.05) is 13.0 Å². The van der Waals surface area contributed by atoms with Crippen molar-refractivity contribution in [1.29, 1.82) is 0 Å². The molecule has 2 N–H and O–H groups in total. The number of hydrogen-bond acceptors (Lipinski definition) is 3. The number of para-hydroxylation sites is 2. The third-order valence-electron chi connectivity index (χ3n) is 3.21. The molecule has 0 saturated heterocycles. The van der Waals surface area contributed by atoms with E-state index >= 15 is 0 Å². The van der Waals surface area contributed by atoms with Crippen LogP contribution in [0.5, 0.6) is 0 Å². The molecule has 1 aliphatic rings. The number of rotatable bonds is 5. The number of carbonyl (C=O) groups is 3. The van der Waals surface area contributed by atoms with Gasteiger partial charge in [-0.3, -0.25) is 14.4 Å². The van der Waals surface area contributed by atoms with E-state index in [0.717, 1.165) is 6.42 Å². The predicted octanol–water partition coefficient (Wildman–Crippen LogP) is 1.28. The lowest BCUT2D eigenvalue weighted by Gasteiger charge is -2.29. The van der Waals surface area contributed by atoms with Crippen LogP contribution in [0.1, 0.15) is 26.2 Å². The van der Waals surface area contributed by atoms with Crippen LogP contribution in [0.3, 0.4) is 0 Å². The molecule has 0 aliphatic carbocycles. The number of nitrogens with zero attached hydrogens (tertiary/aromatic N) is 1. The highest BCUT2D eigenvalue weighted by Crippen LogP contribution is 2.29. The molecule has 0 aromatic heterocycles. The molecule has 1 aromatic carbocycles. The van der Waals surface area contributed by atoms with Gasteiger partial charge in [-0.25, -0.2) is 0 Å². The van der Waals surface area contributed by atoms with E-state index in [0.29, 0.717) is 17.9 Å². The van der Waals surface area contributed by atoms with Gasteiger partial charge in [-0.05, 0) is 18.6 Å². The Labute approximate surface area is 123 Å². The Morgan fingerprint density at radius 3 is 2.81 bits per heavy atom. The van der Waals surface area contributed by atoms with Gasteiger partial charge in [0.2, 0.25) is 17.7 Å². The summed E-state index contributed by atoms with van der Waals surface area (Å²) in [5.41, 5.74) is 1.30. The second kappa shape index (κ2) is 6.88. The molecule has 1 heterocycles. The molecule has 6 nitrogen and oxygen atoms in total. The monoisotopic (exact) mass is 289 g/mol. The number of hydrogen-bond donors (Lipinski definition) is 2. The largest absolute Gasteiger partial charge is 0.356 e. The molecule has 0 unspecified atom stereocenters. The van der Waals surface area contributed by atoms with Crippen molar-refractivity contribution in [2.45, 2.75) is 26.2 Å². The Hall–Kier alpha value is -2.37. The second-order valence-electron chi connectivity index (χ2n) is 4.90. The van der Waals surface area contributed by atoms with Gasteiger partial charge in [-0.2, -0.15) is 0 Å². The van der Waals surface area contributed by atoms with E-state index in [-0.39, 0.29) is 37.1 Å². The summed E-state index contributed by atoms with van der Waals surface area (Å²) >= 11 is 0. The van der Waals surface area contributed by atoms with Crippen molar-refractivity contribution in [2.75, 3.05) is 23.3 Å². The van der Waals surface area contributed by atoms with Gasteiger partial charge >= 0.3 is 0 Å². The summed E-state index contributed by atoms with van der Waals surface area (Å²) < 4.78 is 0. The smallest absolute Gasteiger partial charge is 0.244 e. The number of fused-ring (bicyclic) bond motifs is 1. The van der Waals surface area contributed by atoms with E-state index in [9.17, 15) is 14.4 Å².